The van der Waals surface area contributed by atoms with Gasteiger partial charge in [-0.3, -0.25) is 0 Å². The molecule has 1 aromatic carbocycles. The van der Waals surface area contributed by atoms with Crippen molar-refractivity contribution < 1.29 is 35.1 Å². The van der Waals surface area contributed by atoms with Gasteiger partial charge in [0.1, 0.15) is 28.8 Å². The molecule has 0 aromatic heterocycles. The third-order valence-corrected chi connectivity index (χ3v) is 8.31. The first-order valence-corrected chi connectivity index (χ1v) is 10.6. The summed E-state index contributed by atoms with van der Waals surface area (Å²) in [5.41, 5.74) is -1.80. The van der Waals surface area contributed by atoms with E-state index >= 15 is 0 Å². The lowest BCUT2D eigenvalue weighted by atomic mass is 9.40. The number of ether oxygens (including phenoxy) is 1. The number of phenolic OH excluding ortho intramolecular Hbond substituents is 2. The molecule has 0 bridgehead atoms. The summed E-state index contributed by atoms with van der Waals surface area (Å²) in [5, 5.41) is 52.6. The molecule has 0 spiro atoms. The average Bonchev–Trinajstić information content (AvgIpc) is 2.99. The van der Waals surface area contributed by atoms with Crippen LogP contribution in [-0.2, 0) is 4.74 Å². The van der Waals surface area contributed by atoms with E-state index in [9.17, 15) is 30.3 Å². The van der Waals surface area contributed by atoms with Crippen LogP contribution in [0.4, 0.5) is 0 Å². The predicted octanol–water partition coefficient (Wildman–Crippen LogP) is 2.11. The molecule has 166 valence electrons. The highest BCUT2D eigenvalue weighted by Gasteiger charge is 2.76. The Morgan fingerprint density at radius 1 is 1.13 bits per heavy atom. The fourth-order valence-electron chi connectivity index (χ4n) is 6.70. The molecule has 4 rings (SSSR count). The van der Waals surface area contributed by atoms with Crippen LogP contribution in [0.2, 0.25) is 0 Å². The Hall–Kier alpha value is -1.83. The minimum Gasteiger partial charge on any atom is -0.508 e. The van der Waals surface area contributed by atoms with E-state index in [1.54, 1.807) is 6.92 Å². The molecule has 30 heavy (non-hydrogen) atoms. The van der Waals surface area contributed by atoms with Gasteiger partial charge in [0.25, 0.3) is 0 Å². The van der Waals surface area contributed by atoms with Crippen molar-refractivity contribution in [2.24, 2.45) is 28.6 Å². The molecule has 3 aliphatic rings. The molecule has 3 fully saturated rings. The second-order valence-corrected chi connectivity index (χ2v) is 10.6. The number of hydrogen-bond acceptors (Lipinski definition) is 7. The highest BCUT2D eigenvalue weighted by molar-refractivity contribution is 5.93. The minimum absolute atomic E-state index is 0.0112. The van der Waals surface area contributed by atoms with Gasteiger partial charge in [0.15, 0.2) is 0 Å². The number of aryl methyl sites for hydroxylation is 1. The largest absolute Gasteiger partial charge is 0.508 e. The van der Waals surface area contributed by atoms with Gasteiger partial charge >= 0.3 is 5.97 Å². The van der Waals surface area contributed by atoms with Crippen molar-refractivity contribution >= 4 is 5.97 Å². The SMILES string of the molecule is Cc1cc(C(=O)OC2CC3(C)C4CC(C)(C)CC4C(O)C(CO)C23O)c(O)cc1O. The Morgan fingerprint density at radius 2 is 1.80 bits per heavy atom. The zero-order chi connectivity index (χ0) is 22.2. The van der Waals surface area contributed by atoms with Crippen molar-refractivity contribution in [2.75, 3.05) is 6.61 Å². The van der Waals surface area contributed by atoms with Crippen LogP contribution in [0.3, 0.4) is 0 Å². The Kier molecular flexibility index (Phi) is 4.70. The molecular weight excluding hydrogens is 388 g/mol. The third-order valence-electron chi connectivity index (χ3n) is 8.31. The fraction of sp³-hybridized carbons (Fsp3) is 0.696. The normalized spacial score (nSPS) is 41.5. The lowest BCUT2D eigenvalue weighted by molar-refractivity contribution is -0.332. The lowest BCUT2D eigenvalue weighted by Gasteiger charge is -2.69. The monoisotopic (exact) mass is 420 g/mol. The molecule has 7 unspecified atom stereocenters. The first kappa shape index (κ1) is 21.4. The van der Waals surface area contributed by atoms with Crippen LogP contribution in [0.15, 0.2) is 12.1 Å². The summed E-state index contributed by atoms with van der Waals surface area (Å²) in [6, 6.07) is 2.42. The number of aliphatic hydroxyl groups is 3. The first-order chi connectivity index (χ1) is 13.9. The number of aliphatic hydroxyl groups excluding tert-OH is 2. The van der Waals surface area contributed by atoms with E-state index < -0.39 is 47.5 Å². The molecule has 3 saturated carbocycles. The second-order valence-electron chi connectivity index (χ2n) is 10.6. The van der Waals surface area contributed by atoms with Gasteiger partial charge in [-0.1, -0.05) is 20.8 Å². The van der Waals surface area contributed by atoms with E-state index in [1.165, 1.54) is 6.07 Å². The topological polar surface area (TPSA) is 127 Å². The number of hydrogen-bond donors (Lipinski definition) is 5. The van der Waals surface area contributed by atoms with Crippen molar-refractivity contribution in [3.63, 3.8) is 0 Å². The summed E-state index contributed by atoms with van der Waals surface area (Å²) < 4.78 is 5.61. The summed E-state index contributed by atoms with van der Waals surface area (Å²) >= 11 is 0. The number of fused-ring (bicyclic) bond motifs is 3. The van der Waals surface area contributed by atoms with Crippen LogP contribution < -0.4 is 0 Å². The van der Waals surface area contributed by atoms with Gasteiger partial charge < -0.3 is 30.3 Å². The first-order valence-electron chi connectivity index (χ1n) is 10.6. The van der Waals surface area contributed by atoms with Gasteiger partial charge in [0, 0.05) is 17.4 Å². The van der Waals surface area contributed by atoms with Gasteiger partial charge in [0.05, 0.1) is 12.7 Å². The van der Waals surface area contributed by atoms with Gasteiger partial charge in [-0.2, -0.15) is 0 Å². The van der Waals surface area contributed by atoms with E-state index in [-0.39, 0.29) is 28.6 Å². The number of benzene rings is 1. The number of aromatic hydroxyl groups is 2. The minimum atomic E-state index is -1.56. The van der Waals surface area contributed by atoms with Gasteiger partial charge in [-0.05, 0) is 55.1 Å². The maximum Gasteiger partial charge on any atom is 0.342 e. The molecule has 5 N–H and O–H groups in total. The lowest BCUT2D eigenvalue weighted by Crippen LogP contribution is -2.79. The molecule has 0 aliphatic heterocycles. The van der Waals surface area contributed by atoms with Crippen molar-refractivity contribution in [1.82, 2.24) is 0 Å². The molecule has 0 heterocycles. The summed E-state index contributed by atoms with van der Waals surface area (Å²) in [5.74, 6) is -2.12. The van der Waals surface area contributed by atoms with Crippen LogP contribution in [0, 0.1) is 35.5 Å². The third kappa shape index (κ3) is 2.71. The molecule has 1 aromatic rings. The van der Waals surface area contributed by atoms with E-state index in [0.29, 0.717) is 12.0 Å². The van der Waals surface area contributed by atoms with Crippen molar-refractivity contribution in [3.8, 4) is 11.5 Å². The van der Waals surface area contributed by atoms with Gasteiger partial charge in [-0.15, -0.1) is 0 Å². The van der Waals surface area contributed by atoms with E-state index in [0.717, 1.165) is 18.9 Å². The van der Waals surface area contributed by atoms with Crippen molar-refractivity contribution in [3.05, 3.63) is 23.3 Å². The smallest absolute Gasteiger partial charge is 0.342 e. The Balaban J connectivity index is 1.64. The molecular formula is C23H32O7. The van der Waals surface area contributed by atoms with Crippen LogP contribution in [-0.4, -0.2) is 55.9 Å². The van der Waals surface area contributed by atoms with Crippen LogP contribution >= 0.6 is 0 Å². The molecule has 3 aliphatic carbocycles. The molecule has 7 nitrogen and oxygen atoms in total. The number of esters is 1. The van der Waals surface area contributed by atoms with Crippen molar-refractivity contribution in [1.29, 1.82) is 0 Å². The number of phenols is 2. The van der Waals surface area contributed by atoms with Gasteiger partial charge in [0.2, 0.25) is 0 Å². The number of carbonyl (C=O) groups is 1. The highest BCUT2D eigenvalue weighted by atomic mass is 16.6. The van der Waals surface area contributed by atoms with Gasteiger partial charge in [-0.25, -0.2) is 4.79 Å². The second kappa shape index (κ2) is 6.58. The maximum atomic E-state index is 12.8. The van der Waals surface area contributed by atoms with Crippen LogP contribution in [0.1, 0.15) is 56.0 Å². The molecule has 7 heteroatoms. The molecule has 0 saturated heterocycles. The number of rotatable bonds is 3. The zero-order valence-corrected chi connectivity index (χ0v) is 17.9. The Labute approximate surface area is 176 Å². The summed E-state index contributed by atoms with van der Waals surface area (Å²) in [6.45, 7) is 7.46. The van der Waals surface area contributed by atoms with Crippen molar-refractivity contribution in [2.45, 2.75) is 64.8 Å². The standard InChI is InChI=1S/C23H32O7/c1-11-5-12(17(26)6-16(11)25)20(28)30-18-9-22(4)14-8-21(2,3)7-13(14)19(27)15(10-24)23(18,22)29/h5-6,13-15,18-19,24-27,29H,7-10H2,1-4H3. The summed E-state index contributed by atoms with van der Waals surface area (Å²) in [7, 11) is 0. The van der Waals surface area contributed by atoms with E-state index in [2.05, 4.69) is 13.8 Å². The Morgan fingerprint density at radius 3 is 2.43 bits per heavy atom. The quantitative estimate of drug-likeness (QED) is 0.474. The highest BCUT2D eigenvalue weighted by Crippen LogP contribution is 2.70. The molecule has 0 amide bonds. The van der Waals surface area contributed by atoms with E-state index in [1.807, 2.05) is 6.92 Å². The van der Waals surface area contributed by atoms with Crippen LogP contribution in [0.5, 0.6) is 11.5 Å². The zero-order valence-electron chi connectivity index (χ0n) is 17.9. The average molecular weight is 421 g/mol. The maximum absolute atomic E-state index is 12.8. The van der Waals surface area contributed by atoms with E-state index in [4.69, 9.17) is 4.74 Å². The Bertz CT molecular complexity index is 881. The fourth-order valence-corrected chi connectivity index (χ4v) is 6.70. The number of carbonyl (C=O) groups excluding carboxylic acids is 1. The predicted molar refractivity (Wildman–Crippen MR) is 108 cm³/mol. The van der Waals surface area contributed by atoms with Crippen LogP contribution in [0.25, 0.3) is 0 Å². The summed E-state index contributed by atoms with van der Waals surface area (Å²) in [4.78, 5) is 12.8. The molecule has 7 atom stereocenters. The summed E-state index contributed by atoms with van der Waals surface area (Å²) in [6.07, 6.45) is 0.315. The molecule has 0 radical (unpaired) electrons.